The van der Waals surface area contributed by atoms with Crippen LogP contribution in [-0.2, 0) is 15.6 Å². The second kappa shape index (κ2) is 21.1. The van der Waals surface area contributed by atoms with Crippen LogP contribution in [0.15, 0.2) is 36.4 Å². The molecule has 4 aliphatic rings. The Labute approximate surface area is 368 Å². The number of nitrogens with zero attached hydrogens (tertiary/aromatic N) is 9. The molecule has 2 saturated carbocycles. The molecule has 4 heterocycles. The summed E-state index contributed by atoms with van der Waals surface area (Å²) >= 11 is 0. The number of nitrogens with one attached hydrogen (secondary N) is 1. The lowest BCUT2D eigenvalue weighted by Gasteiger charge is -2.36. The number of rotatable bonds is 15. The number of primary amides is 1. The van der Waals surface area contributed by atoms with Crippen molar-refractivity contribution < 1.29 is 14.5 Å². The van der Waals surface area contributed by atoms with Crippen LogP contribution in [0, 0.1) is 10.1 Å². The molecule has 0 radical (unpaired) electrons. The van der Waals surface area contributed by atoms with E-state index < -0.39 is 4.92 Å². The van der Waals surface area contributed by atoms with E-state index in [1.807, 2.05) is 0 Å². The molecule has 3 N–H and O–H groups in total. The van der Waals surface area contributed by atoms with Crippen molar-refractivity contribution in [3.63, 3.8) is 0 Å². The lowest BCUT2D eigenvalue weighted by atomic mass is 9.82. The summed E-state index contributed by atoms with van der Waals surface area (Å²) in [6.45, 7) is 23.5. The number of benzene rings is 1. The van der Waals surface area contributed by atoms with Gasteiger partial charge in [0.25, 0.3) is 11.6 Å². The smallest absolute Gasteiger partial charge is 0.269 e. The molecule has 2 aliphatic carbocycles. The van der Waals surface area contributed by atoms with Gasteiger partial charge in [-0.3, -0.25) is 29.5 Å². The van der Waals surface area contributed by atoms with Gasteiger partial charge in [-0.05, 0) is 70.2 Å². The fourth-order valence-electron chi connectivity index (χ4n) is 8.10. The minimum atomic E-state index is -0.467. The summed E-state index contributed by atoms with van der Waals surface area (Å²) in [6, 6.07) is 10.1. The lowest BCUT2D eigenvalue weighted by molar-refractivity contribution is -0.384. The van der Waals surface area contributed by atoms with Gasteiger partial charge in [-0.1, -0.05) is 54.4 Å². The molecule has 4 fully saturated rings. The Morgan fingerprint density at radius 2 is 1.15 bits per heavy atom. The number of aromatic nitrogens is 4. The number of piperazine rings is 2. The van der Waals surface area contributed by atoms with Crippen LogP contribution in [0.1, 0.15) is 151 Å². The average molecular weight is 854 g/mol. The number of amides is 2. The van der Waals surface area contributed by atoms with Gasteiger partial charge < -0.3 is 20.9 Å². The minimum absolute atomic E-state index is 0.0141. The normalized spacial score (nSPS) is 18.0. The van der Waals surface area contributed by atoms with Crippen molar-refractivity contribution >= 4 is 29.1 Å². The highest BCUT2D eigenvalue weighted by atomic mass is 16.6. The predicted octanol–water partition coefficient (Wildman–Crippen LogP) is 6.71. The first kappa shape index (κ1) is 46.7. The quantitative estimate of drug-likeness (QED) is 0.0939. The van der Waals surface area contributed by atoms with Gasteiger partial charge in [-0.15, -0.1) is 0 Å². The molecule has 2 saturated heterocycles. The van der Waals surface area contributed by atoms with Crippen LogP contribution in [-0.4, -0.2) is 118 Å². The topological polar surface area (TPSA) is 180 Å². The zero-order chi connectivity index (χ0) is 44.4. The van der Waals surface area contributed by atoms with Crippen LogP contribution in [0.4, 0.5) is 17.3 Å². The van der Waals surface area contributed by atoms with E-state index in [0.29, 0.717) is 30.4 Å². The highest BCUT2D eigenvalue weighted by molar-refractivity contribution is 5.94. The molecule has 2 amide bonds. The molecular weight excluding hydrogens is 783 g/mol. The number of unbranched alkanes of at least 4 members (excludes halogenated alkanes) is 1. The molecule has 2 aromatic heterocycles. The summed E-state index contributed by atoms with van der Waals surface area (Å²) in [7, 11) is 0. The molecule has 15 heteroatoms. The van der Waals surface area contributed by atoms with Crippen molar-refractivity contribution in [3.05, 3.63) is 75.1 Å². The summed E-state index contributed by atoms with van der Waals surface area (Å²) in [5.74, 6) is 4.88. The van der Waals surface area contributed by atoms with Gasteiger partial charge in [0.15, 0.2) is 0 Å². The van der Waals surface area contributed by atoms with Crippen LogP contribution >= 0.6 is 0 Å². The second-order valence-electron chi connectivity index (χ2n) is 19.7. The van der Waals surface area contributed by atoms with Gasteiger partial charge in [0, 0.05) is 129 Å². The highest BCUT2D eigenvalue weighted by Gasteiger charge is 2.29. The second-order valence-corrected chi connectivity index (χ2v) is 19.7. The SMILES string of the molecule is CC(C)(C)c1nc(C2CCC2)cc(N2CCN(CCCC(N)=O)CC2)n1.CC(C)(C)c1nc(C2CCC2)cc(N2CCN(CCCCNC(=O)c3ccc([N+](=O)[O-])cc3)CC2)n1. The molecule has 0 unspecified atom stereocenters. The third kappa shape index (κ3) is 13.1. The van der Waals surface area contributed by atoms with Crippen LogP contribution < -0.4 is 20.9 Å². The van der Waals surface area contributed by atoms with Crippen LogP contribution in [0.3, 0.4) is 0 Å². The Kier molecular flexibility index (Phi) is 15.9. The van der Waals surface area contributed by atoms with E-state index >= 15 is 0 Å². The summed E-state index contributed by atoms with van der Waals surface area (Å²) in [6.07, 6.45) is 10.8. The van der Waals surface area contributed by atoms with Gasteiger partial charge in [-0.2, -0.15) is 0 Å². The Bertz CT molecular complexity index is 1960. The van der Waals surface area contributed by atoms with Gasteiger partial charge >= 0.3 is 0 Å². The number of non-ortho nitro benzene ring substituents is 1. The highest BCUT2D eigenvalue weighted by Crippen LogP contribution is 2.38. The van der Waals surface area contributed by atoms with Crippen molar-refractivity contribution in [2.45, 2.75) is 128 Å². The fourth-order valence-corrected chi connectivity index (χ4v) is 8.10. The number of nitrogens with two attached hydrogens (primary N) is 1. The van der Waals surface area contributed by atoms with E-state index in [4.69, 9.17) is 25.7 Å². The molecule has 0 bridgehead atoms. The van der Waals surface area contributed by atoms with Crippen molar-refractivity contribution in [2.75, 3.05) is 81.8 Å². The molecule has 15 nitrogen and oxygen atoms in total. The van der Waals surface area contributed by atoms with E-state index in [9.17, 15) is 19.7 Å². The molecule has 2 aliphatic heterocycles. The third-order valence-electron chi connectivity index (χ3n) is 12.7. The summed E-state index contributed by atoms with van der Waals surface area (Å²) in [5, 5.41) is 13.6. The summed E-state index contributed by atoms with van der Waals surface area (Å²) in [4.78, 5) is 62.8. The molecular formula is C47H71N11O4. The fraction of sp³-hybridized carbons (Fsp3) is 0.660. The van der Waals surface area contributed by atoms with Crippen LogP contribution in [0.25, 0.3) is 0 Å². The predicted molar refractivity (Wildman–Crippen MR) is 245 cm³/mol. The molecule has 0 spiro atoms. The summed E-state index contributed by atoms with van der Waals surface area (Å²) in [5.41, 5.74) is 8.00. The molecule has 3 aromatic rings. The van der Waals surface area contributed by atoms with Gasteiger partial charge in [0.1, 0.15) is 23.3 Å². The first-order chi connectivity index (χ1) is 29.5. The van der Waals surface area contributed by atoms with Crippen molar-refractivity contribution in [1.82, 2.24) is 35.1 Å². The Morgan fingerprint density at radius 3 is 1.53 bits per heavy atom. The largest absolute Gasteiger partial charge is 0.370 e. The number of nitro groups is 1. The van der Waals surface area contributed by atoms with Crippen molar-refractivity contribution in [3.8, 4) is 0 Å². The minimum Gasteiger partial charge on any atom is -0.370 e. The third-order valence-corrected chi connectivity index (χ3v) is 12.7. The van der Waals surface area contributed by atoms with Crippen molar-refractivity contribution in [1.29, 1.82) is 0 Å². The lowest BCUT2D eigenvalue weighted by Crippen LogP contribution is -2.47. The maximum atomic E-state index is 12.2. The van der Waals surface area contributed by atoms with Gasteiger partial charge in [0.05, 0.1) is 4.92 Å². The Hall–Kier alpha value is -4.76. The average Bonchev–Trinajstić information content (AvgIpc) is 3.19. The maximum absolute atomic E-state index is 12.2. The van der Waals surface area contributed by atoms with E-state index in [1.54, 1.807) is 0 Å². The number of anilines is 2. The van der Waals surface area contributed by atoms with Gasteiger partial charge in [-0.25, -0.2) is 19.9 Å². The maximum Gasteiger partial charge on any atom is 0.269 e. The first-order valence-corrected chi connectivity index (χ1v) is 23.1. The van der Waals surface area contributed by atoms with Gasteiger partial charge in [0.2, 0.25) is 5.91 Å². The van der Waals surface area contributed by atoms with E-state index in [0.717, 1.165) is 108 Å². The van der Waals surface area contributed by atoms with Crippen molar-refractivity contribution in [2.24, 2.45) is 5.73 Å². The Balaban J connectivity index is 0.000000218. The zero-order valence-corrected chi connectivity index (χ0v) is 38.2. The molecule has 338 valence electrons. The zero-order valence-electron chi connectivity index (χ0n) is 38.2. The number of carbonyl (C=O) groups is 2. The number of hydrogen-bond donors (Lipinski definition) is 2. The van der Waals surface area contributed by atoms with E-state index in [1.165, 1.54) is 74.2 Å². The Morgan fingerprint density at radius 1 is 0.694 bits per heavy atom. The van der Waals surface area contributed by atoms with Crippen LogP contribution in [0.5, 0.6) is 0 Å². The summed E-state index contributed by atoms with van der Waals surface area (Å²) < 4.78 is 0. The molecule has 62 heavy (non-hydrogen) atoms. The van der Waals surface area contributed by atoms with E-state index in [2.05, 4.69) is 78.6 Å². The standard InChI is InChI=1S/C27H38N6O3.C20H33N5O/c1-27(2,3)26-29-23(20-7-6-8-20)19-24(30-26)32-17-15-31(16-18-32)14-5-4-13-28-25(34)21-9-11-22(12-10-21)33(35)36;1-20(2,3)19-22-16(15-6-4-7-15)14-18(23-19)25-12-10-24(11-13-25)9-5-8-17(21)26/h9-12,19-20H,4-8,13-18H2,1-3H3,(H,28,34);14-15H,4-13H2,1-3H3,(H2,21,26). The monoisotopic (exact) mass is 854 g/mol. The first-order valence-electron chi connectivity index (χ1n) is 23.1. The molecule has 0 atom stereocenters. The molecule has 7 rings (SSSR count). The number of carbonyl (C=O) groups excluding carboxylic acids is 2. The molecule has 1 aromatic carbocycles. The number of nitro benzene ring substituents is 1. The van der Waals surface area contributed by atoms with Crippen LogP contribution in [0.2, 0.25) is 0 Å². The van der Waals surface area contributed by atoms with E-state index in [-0.39, 0.29) is 28.3 Å². The number of hydrogen-bond acceptors (Lipinski definition) is 12.